The lowest BCUT2D eigenvalue weighted by atomic mass is 9.45. The topological polar surface area (TPSA) is 118 Å². The van der Waals surface area contributed by atoms with Crippen LogP contribution in [-0.2, 0) is 19.2 Å². The van der Waals surface area contributed by atoms with Gasteiger partial charge in [-0.05, 0) is 132 Å². The minimum absolute atomic E-state index is 0.0127. The van der Waals surface area contributed by atoms with Gasteiger partial charge in [-0.1, -0.05) is 78.6 Å². The van der Waals surface area contributed by atoms with Gasteiger partial charge in [0.25, 0.3) is 0 Å². The summed E-state index contributed by atoms with van der Waals surface area (Å²) in [6.45, 7) is 13.2. The zero-order chi connectivity index (χ0) is 44.6. The predicted molar refractivity (Wildman–Crippen MR) is 248 cm³/mol. The van der Waals surface area contributed by atoms with E-state index in [2.05, 4.69) is 54.9 Å². The molecule has 9 fully saturated rings. The van der Waals surface area contributed by atoms with E-state index in [0.29, 0.717) is 59.5 Å². The molecule has 9 aliphatic rings. The number of aliphatic hydroxyl groups excluding tert-OH is 2. The molecule has 2 saturated heterocycles. The number of carbonyl (C=O) groups excluding carboxylic acids is 2. The third-order valence-corrected chi connectivity index (χ3v) is 19.6. The van der Waals surface area contributed by atoms with E-state index in [1.807, 2.05) is 12.2 Å². The predicted octanol–water partition coefficient (Wildman–Crippen LogP) is 6.99. The largest absolute Gasteiger partial charge is 0.394 e. The highest BCUT2D eigenvalue weighted by atomic mass is 16.7. The van der Waals surface area contributed by atoms with Crippen molar-refractivity contribution in [2.75, 3.05) is 60.5 Å². The number of amides is 2. The molecular weight excluding hydrogens is 791 g/mol. The van der Waals surface area contributed by atoms with Gasteiger partial charge in [-0.15, -0.1) is 0 Å². The Balaban J connectivity index is 0.965. The molecule has 2 aliphatic heterocycles. The van der Waals surface area contributed by atoms with Crippen LogP contribution in [0.5, 0.6) is 0 Å². The monoisotopic (exact) mass is 882 g/mol. The van der Waals surface area contributed by atoms with Crippen molar-refractivity contribution in [3.05, 3.63) is 0 Å². The summed E-state index contributed by atoms with van der Waals surface area (Å²) in [6, 6.07) is 0.0627. The number of fused-ring (bicyclic) bond motifs is 2. The van der Waals surface area contributed by atoms with Crippen molar-refractivity contribution in [3.63, 3.8) is 0 Å². The second-order valence-electron chi connectivity index (χ2n) is 23.8. The number of hydrogen-bond acceptors (Lipinski definition) is 9. The third kappa shape index (κ3) is 10.4. The molecule has 0 aromatic carbocycles. The minimum Gasteiger partial charge on any atom is -0.394 e. The molecule has 63 heavy (non-hydrogen) atoms. The molecule has 3 N–H and O–H groups in total. The van der Waals surface area contributed by atoms with E-state index in [9.17, 15) is 15.0 Å². The summed E-state index contributed by atoms with van der Waals surface area (Å²) < 4.78 is 6.56. The first-order chi connectivity index (χ1) is 30.3. The molecule has 7 aliphatic carbocycles. The molecule has 0 spiro atoms. The molecule has 7 saturated carbocycles. The standard InChI is InChI=1S/C52H91N5O6/c1-33-44-27-40(52(44,3)4)28-45(33)53-50(60)48-47(34(2)59)46(32-58)63-57(48)30-37-19-14-20-43(49(37)62-7)38-24-39(26-41(25-38)54(5)6)51(61)56-22-21-55(29-36-17-12-9-13-18-36)31-42(56)23-35-15-10-8-11-16-35/h33-49,58-59H,8-32H2,1-7H3,(H,53,60)/t33-,34-,37?,38?,39?,40+,41?,42?,43?,44-,45-,46-,47+,48-,49?/m0/s1. The molecule has 9 rings (SSSR count). The van der Waals surface area contributed by atoms with Gasteiger partial charge in [-0.3, -0.25) is 19.3 Å². The fourth-order valence-electron chi connectivity index (χ4n) is 15.8. The van der Waals surface area contributed by atoms with Crippen molar-refractivity contribution >= 4 is 11.8 Å². The second-order valence-corrected chi connectivity index (χ2v) is 23.8. The number of carbonyl (C=O) groups is 2. The summed E-state index contributed by atoms with van der Waals surface area (Å²) in [7, 11) is 6.26. The summed E-state index contributed by atoms with van der Waals surface area (Å²) >= 11 is 0. The first kappa shape index (κ1) is 48.1. The number of nitrogens with one attached hydrogen (secondary N) is 1. The lowest BCUT2D eigenvalue weighted by Crippen LogP contribution is -2.62. The second kappa shape index (κ2) is 20.9. The summed E-state index contributed by atoms with van der Waals surface area (Å²) in [5, 5.41) is 27.0. The number of nitrogens with zero attached hydrogens (tertiary/aromatic N) is 4. The van der Waals surface area contributed by atoms with E-state index in [1.165, 1.54) is 83.6 Å². The van der Waals surface area contributed by atoms with Crippen LogP contribution in [-0.4, -0.2) is 145 Å². The van der Waals surface area contributed by atoms with Gasteiger partial charge in [0, 0.05) is 75.7 Å². The maximum atomic E-state index is 15.2. The molecule has 11 nitrogen and oxygen atoms in total. The van der Waals surface area contributed by atoms with Crippen LogP contribution >= 0.6 is 0 Å². The maximum Gasteiger partial charge on any atom is 0.240 e. The Labute approximate surface area is 382 Å². The van der Waals surface area contributed by atoms with Gasteiger partial charge in [-0.25, -0.2) is 0 Å². The van der Waals surface area contributed by atoms with Crippen LogP contribution in [0.1, 0.15) is 150 Å². The SMILES string of the molecule is COC1C(CN2O[C@@H](CO)[C@@H]([C@H](C)O)[C@H]2C(=O)N[C@H]2C[C@H]3C[C@@H]([C@@H]2C)C3(C)C)CCCC1C1CC(C(=O)N2CCN(CC3CCCCC3)CC2CC2CCCCC2)CC(N(C)C)C1. The molecule has 11 heteroatoms. The van der Waals surface area contributed by atoms with Crippen LogP contribution in [0.15, 0.2) is 0 Å². The normalized spacial score (nSPS) is 41.3. The minimum atomic E-state index is -0.821. The molecule has 7 unspecified atom stereocenters. The Morgan fingerprint density at radius 2 is 1.60 bits per heavy atom. The van der Waals surface area contributed by atoms with E-state index >= 15 is 4.79 Å². The van der Waals surface area contributed by atoms with Crippen LogP contribution in [0.2, 0.25) is 0 Å². The maximum absolute atomic E-state index is 15.2. The molecule has 2 heterocycles. The van der Waals surface area contributed by atoms with Crippen LogP contribution < -0.4 is 5.32 Å². The van der Waals surface area contributed by atoms with E-state index in [0.717, 1.165) is 76.4 Å². The number of hydroxylamine groups is 2. The van der Waals surface area contributed by atoms with Crippen molar-refractivity contribution < 1.29 is 29.4 Å². The van der Waals surface area contributed by atoms with Crippen LogP contribution in [0, 0.1) is 64.6 Å². The fourth-order valence-corrected chi connectivity index (χ4v) is 15.8. The van der Waals surface area contributed by atoms with Crippen molar-refractivity contribution in [2.24, 2.45) is 64.6 Å². The van der Waals surface area contributed by atoms with Gasteiger partial charge in [0.05, 0.1) is 18.8 Å². The van der Waals surface area contributed by atoms with Gasteiger partial charge in [0.1, 0.15) is 12.1 Å². The van der Waals surface area contributed by atoms with Gasteiger partial charge in [0.15, 0.2) is 0 Å². The quantitative estimate of drug-likeness (QED) is 0.170. The van der Waals surface area contributed by atoms with Crippen LogP contribution in [0.4, 0.5) is 0 Å². The van der Waals surface area contributed by atoms with Gasteiger partial charge >= 0.3 is 0 Å². The first-order valence-corrected chi connectivity index (χ1v) is 26.5. The lowest BCUT2D eigenvalue weighted by Gasteiger charge is -2.62. The Morgan fingerprint density at radius 1 is 0.889 bits per heavy atom. The van der Waals surface area contributed by atoms with E-state index in [1.54, 1.807) is 6.92 Å². The molecule has 15 atom stereocenters. The number of methoxy groups -OCH3 is 1. The highest BCUT2D eigenvalue weighted by Crippen LogP contribution is 2.61. The Morgan fingerprint density at radius 3 is 2.24 bits per heavy atom. The first-order valence-electron chi connectivity index (χ1n) is 26.5. The van der Waals surface area contributed by atoms with E-state index < -0.39 is 24.2 Å². The van der Waals surface area contributed by atoms with E-state index in [4.69, 9.17) is 9.57 Å². The molecule has 0 aromatic rings. The molecule has 0 radical (unpaired) electrons. The molecule has 0 aromatic heterocycles. The van der Waals surface area contributed by atoms with Gasteiger partial charge in [-0.2, -0.15) is 5.06 Å². The zero-order valence-corrected chi connectivity index (χ0v) is 40.8. The van der Waals surface area contributed by atoms with Gasteiger partial charge in [0.2, 0.25) is 11.8 Å². The lowest BCUT2D eigenvalue weighted by molar-refractivity contribution is -0.193. The third-order valence-electron chi connectivity index (χ3n) is 19.6. The highest BCUT2D eigenvalue weighted by Gasteiger charge is 2.58. The Kier molecular flexibility index (Phi) is 16.0. The van der Waals surface area contributed by atoms with Crippen LogP contribution in [0.25, 0.3) is 0 Å². The summed E-state index contributed by atoms with van der Waals surface area (Å²) in [5.41, 5.74) is 0.318. The molecule has 2 amide bonds. The van der Waals surface area contributed by atoms with Crippen LogP contribution in [0.3, 0.4) is 0 Å². The summed E-state index contributed by atoms with van der Waals surface area (Å²) in [6.07, 6.45) is 21.5. The zero-order valence-electron chi connectivity index (χ0n) is 40.8. The Bertz CT molecular complexity index is 1500. The van der Waals surface area contributed by atoms with Crippen molar-refractivity contribution in [2.45, 2.75) is 192 Å². The Hall–Kier alpha value is -1.34. The molecule has 2 bridgehead atoms. The highest BCUT2D eigenvalue weighted by molar-refractivity contribution is 5.83. The van der Waals surface area contributed by atoms with Crippen molar-refractivity contribution in [1.82, 2.24) is 25.1 Å². The number of hydrogen-bond donors (Lipinski definition) is 3. The number of aliphatic hydroxyl groups is 2. The number of piperazine rings is 1. The molecule has 360 valence electrons. The number of rotatable bonds is 14. The summed E-state index contributed by atoms with van der Waals surface area (Å²) in [4.78, 5) is 43.7. The van der Waals surface area contributed by atoms with Gasteiger partial charge < -0.3 is 30.1 Å². The fraction of sp³-hybridized carbons (Fsp3) is 0.962. The number of ether oxygens (including phenoxy) is 1. The average Bonchev–Trinajstić information content (AvgIpc) is 3.66. The summed E-state index contributed by atoms with van der Waals surface area (Å²) in [5.74, 6) is 3.73. The smallest absolute Gasteiger partial charge is 0.240 e. The van der Waals surface area contributed by atoms with E-state index in [-0.39, 0.29) is 36.5 Å². The molecular formula is C52H91N5O6. The van der Waals surface area contributed by atoms with Crippen molar-refractivity contribution in [3.8, 4) is 0 Å². The average molecular weight is 882 g/mol. The van der Waals surface area contributed by atoms with Crippen molar-refractivity contribution in [1.29, 1.82) is 0 Å².